The Balaban J connectivity index is 2.02. The van der Waals surface area contributed by atoms with E-state index >= 15 is 0 Å². The molecule has 0 aliphatic rings. The summed E-state index contributed by atoms with van der Waals surface area (Å²) in [7, 11) is 2.11. The van der Waals surface area contributed by atoms with Crippen LogP contribution in [0.25, 0.3) is 0 Å². The first-order valence-corrected chi connectivity index (χ1v) is 8.65. The number of halogens is 1. The molecule has 0 amide bonds. The second-order valence-corrected chi connectivity index (χ2v) is 8.51. The molecule has 3 nitrogen and oxygen atoms in total. The predicted molar refractivity (Wildman–Crippen MR) is 95.0 cm³/mol. The molecule has 2 aromatic heterocycles. The number of rotatable bonds is 5. The highest BCUT2D eigenvalue weighted by Crippen LogP contribution is 2.23. The Morgan fingerprint density at radius 3 is 2.71 bits per heavy atom. The van der Waals surface area contributed by atoms with Crippen LogP contribution in [0, 0.1) is 0 Å². The summed E-state index contributed by atoms with van der Waals surface area (Å²) >= 11 is 5.23. The number of anilines is 1. The average molecular weight is 368 g/mol. The maximum Gasteiger partial charge on any atom is 0.0701 e. The Kier molecular flexibility index (Phi) is 5.41. The van der Waals surface area contributed by atoms with E-state index in [1.165, 1.54) is 15.0 Å². The molecule has 0 aromatic carbocycles. The first kappa shape index (κ1) is 16.5. The van der Waals surface area contributed by atoms with Gasteiger partial charge in [-0.1, -0.05) is 0 Å². The molecule has 0 saturated carbocycles. The van der Waals surface area contributed by atoms with Gasteiger partial charge in [0.2, 0.25) is 0 Å². The summed E-state index contributed by atoms with van der Waals surface area (Å²) in [6.07, 6.45) is 1.88. The van der Waals surface area contributed by atoms with E-state index in [2.05, 4.69) is 82.5 Å². The summed E-state index contributed by atoms with van der Waals surface area (Å²) in [5.41, 5.74) is 3.69. The van der Waals surface area contributed by atoms with Crippen molar-refractivity contribution < 1.29 is 0 Å². The maximum atomic E-state index is 4.44. The van der Waals surface area contributed by atoms with Crippen molar-refractivity contribution in [3.63, 3.8) is 0 Å². The Morgan fingerprint density at radius 2 is 2.10 bits per heavy atom. The van der Waals surface area contributed by atoms with Gasteiger partial charge < -0.3 is 10.2 Å². The van der Waals surface area contributed by atoms with Crippen LogP contribution in [0.3, 0.4) is 0 Å². The maximum absolute atomic E-state index is 4.44. The van der Waals surface area contributed by atoms with Gasteiger partial charge in [0.25, 0.3) is 0 Å². The molecular weight excluding hydrogens is 346 g/mol. The van der Waals surface area contributed by atoms with E-state index in [9.17, 15) is 0 Å². The van der Waals surface area contributed by atoms with Crippen LogP contribution in [0.2, 0.25) is 0 Å². The Morgan fingerprint density at radius 1 is 1.33 bits per heavy atom. The van der Waals surface area contributed by atoms with Gasteiger partial charge in [0.1, 0.15) is 0 Å². The van der Waals surface area contributed by atoms with E-state index in [0.29, 0.717) is 0 Å². The number of hydrogen-bond acceptors (Lipinski definition) is 4. The third-order valence-electron chi connectivity index (χ3n) is 3.08. The third-order valence-corrected chi connectivity index (χ3v) is 4.64. The van der Waals surface area contributed by atoms with Gasteiger partial charge in [-0.25, -0.2) is 0 Å². The summed E-state index contributed by atoms with van der Waals surface area (Å²) in [5.74, 6) is 0. The molecule has 0 aliphatic heterocycles. The predicted octanol–water partition coefficient (Wildman–Crippen LogP) is 4.43. The van der Waals surface area contributed by atoms with Crippen molar-refractivity contribution in [1.82, 2.24) is 10.3 Å². The zero-order valence-electron chi connectivity index (χ0n) is 13.0. The van der Waals surface area contributed by atoms with Crippen LogP contribution in [-0.2, 0) is 13.1 Å². The standard InChI is InChI=1S/C16H22BrN3S/c1-16(2,3)19-9-13-8-14(5-6-18-13)20(4)10-12-7-15(17)21-11-12/h5-8,11,19H,9-10H2,1-4H3. The zero-order valence-corrected chi connectivity index (χ0v) is 15.4. The first-order valence-electron chi connectivity index (χ1n) is 6.97. The summed E-state index contributed by atoms with van der Waals surface area (Å²) < 4.78 is 1.18. The van der Waals surface area contributed by atoms with Crippen molar-refractivity contribution in [2.45, 2.75) is 39.4 Å². The Bertz CT molecular complexity index is 589. The molecule has 0 atom stereocenters. The number of nitrogens with one attached hydrogen (secondary N) is 1. The van der Waals surface area contributed by atoms with Crippen LogP contribution in [0.15, 0.2) is 33.6 Å². The lowest BCUT2D eigenvalue weighted by Crippen LogP contribution is -2.35. The molecule has 0 saturated heterocycles. The van der Waals surface area contributed by atoms with Crippen molar-refractivity contribution in [3.05, 3.63) is 44.8 Å². The highest BCUT2D eigenvalue weighted by molar-refractivity contribution is 9.11. The second-order valence-electron chi connectivity index (χ2n) is 6.22. The van der Waals surface area contributed by atoms with Gasteiger partial charge in [-0.15, -0.1) is 11.3 Å². The van der Waals surface area contributed by atoms with Gasteiger partial charge >= 0.3 is 0 Å². The van der Waals surface area contributed by atoms with Crippen LogP contribution < -0.4 is 10.2 Å². The Labute approximate surface area is 139 Å². The summed E-state index contributed by atoms with van der Waals surface area (Å²) in [6, 6.07) is 6.38. The van der Waals surface area contributed by atoms with Gasteiger partial charge in [0.15, 0.2) is 0 Å². The fourth-order valence-corrected chi connectivity index (χ4v) is 3.15. The van der Waals surface area contributed by atoms with Crippen molar-refractivity contribution in [2.24, 2.45) is 0 Å². The third kappa shape index (κ3) is 5.41. The number of nitrogens with zero attached hydrogens (tertiary/aromatic N) is 2. The van der Waals surface area contributed by atoms with E-state index in [4.69, 9.17) is 0 Å². The molecule has 0 bridgehead atoms. The van der Waals surface area contributed by atoms with Crippen molar-refractivity contribution in [3.8, 4) is 0 Å². The smallest absolute Gasteiger partial charge is 0.0701 e. The van der Waals surface area contributed by atoms with E-state index < -0.39 is 0 Å². The fourth-order valence-electron chi connectivity index (χ4n) is 1.95. The molecule has 2 heterocycles. The SMILES string of the molecule is CN(Cc1csc(Br)c1)c1ccnc(CNC(C)(C)C)c1. The van der Waals surface area contributed by atoms with Crippen LogP contribution in [0.1, 0.15) is 32.0 Å². The lowest BCUT2D eigenvalue weighted by molar-refractivity contribution is 0.421. The van der Waals surface area contributed by atoms with E-state index in [-0.39, 0.29) is 5.54 Å². The number of hydrogen-bond donors (Lipinski definition) is 1. The molecule has 2 aromatic rings. The fraction of sp³-hybridized carbons (Fsp3) is 0.438. The van der Waals surface area contributed by atoms with E-state index in [1.54, 1.807) is 11.3 Å². The van der Waals surface area contributed by atoms with Gasteiger partial charge in [0, 0.05) is 37.6 Å². The second kappa shape index (κ2) is 6.90. The minimum atomic E-state index is 0.104. The molecule has 114 valence electrons. The van der Waals surface area contributed by atoms with Crippen molar-refractivity contribution >= 4 is 33.0 Å². The van der Waals surface area contributed by atoms with Crippen molar-refractivity contribution in [1.29, 1.82) is 0 Å². The van der Waals surface area contributed by atoms with Crippen LogP contribution >= 0.6 is 27.3 Å². The normalized spacial score (nSPS) is 11.7. The summed E-state index contributed by atoms with van der Waals surface area (Å²) in [4.78, 5) is 6.69. The van der Waals surface area contributed by atoms with Crippen LogP contribution in [-0.4, -0.2) is 17.6 Å². The minimum absolute atomic E-state index is 0.104. The molecule has 5 heteroatoms. The largest absolute Gasteiger partial charge is 0.370 e. The molecule has 0 radical (unpaired) electrons. The quantitative estimate of drug-likeness (QED) is 0.846. The molecular formula is C16H22BrN3S. The minimum Gasteiger partial charge on any atom is -0.370 e. The van der Waals surface area contributed by atoms with Crippen LogP contribution in [0.5, 0.6) is 0 Å². The topological polar surface area (TPSA) is 28.2 Å². The van der Waals surface area contributed by atoms with Gasteiger partial charge in [-0.05, 0) is 65.8 Å². The lowest BCUT2D eigenvalue weighted by atomic mass is 10.1. The Hall–Kier alpha value is -0.910. The first-order chi connectivity index (χ1) is 9.83. The monoisotopic (exact) mass is 367 g/mol. The molecule has 0 fully saturated rings. The van der Waals surface area contributed by atoms with Crippen LogP contribution in [0.4, 0.5) is 5.69 Å². The van der Waals surface area contributed by atoms with Crippen molar-refractivity contribution in [2.75, 3.05) is 11.9 Å². The molecule has 0 aliphatic carbocycles. The molecule has 0 spiro atoms. The van der Waals surface area contributed by atoms with Gasteiger partial charge in [0.05, 0.1) is 9.48 Å². The molecule has 0 unspecified atom stereocenters. The number of aromatic nitrogens is 1. The summed E-state index contributed by atoms with van der Waals surface area (Å²) in [6.45, 7) is 8.18. The number of pyridine rings is 1. The van der Waals surface area contributed by atoms with Gasteiger partial charge in [-0.3, -0.25) is 4.98 Å². The lowest BCUT2D eigenvalue weighted by Gasteiger charge is -2.22. The zero-order chi connectivity index (χ0) is 15.5. The molecule has 21 heavy (non-hydrogen) atoms. The molecule has 2 rings (SSSR count). The average Bonchev–Trinajstić information content (AvgIpc) is 2.81. The highest BCUT2D eigenvalue weighted by atomic mass is 79.9. The van der Waals surface area contributed by atoms with E-state index in [0.717, 1.165) is 18.8 Å². The number of thiophene rings is 1. The van der Waals surface area contributed by atoms with E-state index in [1.807, 2.05) is 6.20 Å². The summed E-state index contributed by atoms with van der Waals surface area (Å²) in [5, 5.41) is 5.66. The molecule has 1 N–H and O–H groups in total. The highest BCUT2D eigenvalue weighted by Gasteiger charge is 2.10. The van der Waals surface area contributed by atoms with Gasteiger partial charge in [-0.2, -0.15) is 0 Å².